The Hall–Kier alpha value is -1.34. The molecule has 0 unspecified atom stereocenters. The van der Waals surface area contributed by atoms with E-state index < -0.39 is 5.54 Å². The van der Waals surface area contributed by atoms with Crippen LogP contribution >= 0.6 is 11.6 Å². The fourth-order valence-corrected chi connectivity index (χ4v) is 3.68. The number of rotatable bonds is 4. The van der Waals surface area contributed by atoms with Gasteiger partial charge in [-0.1, -0.05) is 11.6 Å². The molecule has 25 heavy (non-hydrogen) atoms. The summed E-state index contributed by atoms with van der Waals surface area (Å²) in [6, 6.07) is 5.66. The largest absolute Gasteiger partial charge is 0.496 e. The van der Waals surface area contributed by atoms with E-state index in [-0.39, 0.29) is 5.91 Å². The van der Waals surface area contributed by atoms with Crippen molar-refractivity contribution in [1.29, 1.82) is 0 Å². The number of halogens is 1. The number of benzene rings is 1. The Labute approximate surface area is 153 Å². The van der Waals surface area contributed by atoms with Crippen molar-refractivity contribution >= 4 is 17.5 Å². The molecule has 2 N–H and O–H groups in total. The minimum absolute atomic E-state index is 0.0655. The van der Waals surface area contributed by atoms with Crippen LogP contribution in [0.2, 0.25) is 5.02 Å². The van der Waals surface area contributed by atoms with Crippen LogP contribution in [0.5, 0.6) is 5.75 Å². The highest BCUT2D eigenvalue weighted by molar-refractivity contribution is 6.30. The number of ether oxygens (including phenoxy) is 2. The second-order valence-corrected chi connectivity index (χ2v) is 7.23. The Morgan fingerprint density at radius 1 is 1.28 bits per heavy atom. The number of amides is 1. The second kappa shape index (κ2) is 7.91. The third-order valence-corrected chi connectivity index (χ3v) is 5.34. The van der Waals surface area contributed by atoms with E-state index in [0.717, 1.165) is 30.9 Å². The molecule has 6 nitrogen and oxygen atoms in total. The Morgan fingerprint density at radius 3 is 2.60 bits per heavy atom. The summed E-state index contributed by atoms with van der Waals surface area (Å²) in [7, 11) is 1.66. The maximum atomic E-state index is 12.8. The van der Waals surface area contributed by atoms with Gasteiger partial charge in [0.1, 0.15) is 5.75 Å². The number of hydrogen-bond acceptors (Lipinski definition) is 5. The lowest BCUT2D eigenvalue weighted by molar-refractivity contribution is -0.142. The summed E-state index contributed by atoms with van der Waals surface area (Å²) in [5, 5.41) is 0.703. The summed E-state index contributed by atoms with van der Waals surface area (Å²) in [6.45, 7) is 4.91. The number of carbonyl (C=O) groups excluding carboxylic acids is 1. The van der Waals surface area contributed by atoms with Crippen molar-refractivity contribution in [3.8, 4) is 5.75 Å². The van der Waals surface area contributed by atoms with E-state index in [4.69, 9.17) is 26.8 Å². The van der Waals surface area contributed by atoms with Gasteiger partial charge < -0.3 is 20.1 Å². The molecular formula is C18H26ClN3O3. The van der Waals surface area contributed by atoms with Crippen LogP contribution in [0.3, 0.4) is 0 Å². The van der Waals surface area contributed by atoms with Crippen molar-refractivity contribution in [2.45, 2.75) is 24.9 Å². The molecule has 1 aromatic carbocycles. The van der Waals surface area contributed by atoms with Gasteiger partial charge in [0.2, 0.25) is 5.91 Å². The molecule has 0 saturated carbocycles. The third kappa shape index (κ3) is 4.26. The van der Waals surface area contributed by atoms with Crippen LogP contribution in [0.15, 0.2) is 18.2 Å². The molecule has 2 heterocycles. The van der Waals surface area contributed by atoms with Gasteiger partial charge in [0.05, 0.1) is 12.6 Å². The molecule has 0 bridgehead atoms. The summed E-state index contributed by atoms with van der Waals surface area (Å²) < 4.78 is 10.8. The smallest absolute Gasteiger partial charge is 0.242 e. The maximum Gasteiger partial charge on any atom is 0.242 e. The average molecular weight is 368 g/mol. The Kier molecular flexibility index (Phi) is 5.84. The first-order chi connectivity index (χ1) is 12.0. The van der Waals surface area contributed by atoms with Crippen LogP contribution in [0, 0.1) is 0 Å². The maximum absolute atomic E-state index is 12.8. The van der Waals surface area contributed by atoms with Crippen molar-refractivity contribution < 1.29 is 14.3 Å². The van der Waals surface area contributed by atoms with Gasteiger partial charge in [0.25, 0.3) is 0 Å². The zero-order valence-corrected chi connectivity index (χ0v) is 15.4. The monoisotopic (exact) mass is 367 g/mol. The molecule has 0 atom stereocenters. The summed E-state index contributed by atoms with van der Waals surface area (Å²) in [4.78, 5) is 17.0. The number of piperazine rings is 1. The Balaban J connectivity index is 1.57. The summed E-state index contributed by atoms with van der Waals surface area (Å²) in [5.41, 5.74) is 6.64. The van der Waals surface area contributed by atoms with Crippen LogP contribution < -0.4 is 10.5 Å². The van der Waals surface area contributed by atoms with Gasteiger partial charge in [-0.05, 0) is 31.0 Å². The molecule has 7 heteroatoms. The quantitative estimate of drug-likeness (QED) is 0.873. The lowest BCUT2D eigenvalue weighted by Crippen LogP contribution is -2.61. The van der Waals surface area contributed by atoms with Gasteiger partial charge in [-0.25, -0.2) is 0 Å². The van der Waals surface area contributed by atoms with Crippen LogP contribution in [-0.2, 0) is 16.1 Å². The van der Waals surface area contributed by atoms with Crippen molar-refractivity contribution in [3.05, 3.63) is 28.8 Å². The van der Waals surface area contributed by atoms with Gasteiger partial charge in [0, 0.05) is 56.5 Å². The van der Waals surface area contributed by atoms with E-state index in [1.165, 1.54) is 0 Å². The van der Waals surface area contributed by atoms with E-state index >= 15 is 0 Å². The topological polar surface area (TPSA) is 68.0 Å². The number of carbonyl (C=O) groups is 1. The van der Waals surface area contributed by atoms with E-state index in [0.29, 0.717) is 44.2 Å². The van der Waals surface area contributed by atoms with Crippen LogP contribution in [-0.4, -0.2) is 67.7 Å². The second-order valence-electron chi connectivity index (χ2n) is 6.79. The zero-order valence-electron chi connectivity index (χ0n) is 14.7. The third-order valence-electron chi connectivity index (χ3n) is 5.11. The van der Waals surface area contributed by atoms with Gasteiger partial charge in [-0.15, -0.1) is 0 Å². The van der Waals surface area contributed by atoms with Crippen molar-refractivity contribution in [1.82, 2.24) is 9.80 Å². The van der Waals surface area contributed by atoms with Crippen LogP contribution in [0.25, 0.3) is 0 Å². The highest BCUT2D eigenvalue weighted by Gasteiger charge is 2.39. The van der Waals surface area contributed by atoms with Crippen molar-refractivity contribution in [2.75, 3.05) is 46.5 Å². The molecular weight excluding hydrogens is 342 g/mol. The van der Waals surface area contributed by atoms with E-state index in [9.17, 15) is 4.79 Å². The molecule has 1 amide bonds. The van der Waals surface area contributed by atoms with E-state index in [1.807, 2.05) is 23.1 Å². The molecule has 0 radical (unpaired) electrons. The first kappa shape index (κ1) is 18.5. The molecule has 2 fully saturated rings. The fraction of sp³-hybridized carbons (Fsp3) is 0.611. The number of nitrogens with zero attached hydrogens (tertiary/aromatic N) is 2. The van der Waals surface area contributed by atoms with Gasteiger partial charge in [-0.2, -0.15) is 0 Å². The molecule has 0 spiro atoms. The fourth-order valence-electron chi connectivity index (χ4n) is 3.49. The molecule has 1 aromatic rings. The summed E-state index contributed by atoms with van der Waals surface area (Å²) >= 11 is 6.11. The lowest BCUT2D eigenvalue weighted by atomic mass is 9.89. The van der Waals surface area contributed by atoms with Crippen molar-refractivity contribution in [2.24, 2.45) is 5.73 Å². The van der Waals surface area contributed by atoms with Gasteiger partial charge in [-0.3, -0.25) is 9.69 Å². The lowest BCUT2D eigenvalue weighted by Gasteiger charge is -2.41. The first-order valence-corrected chi connectivity index (χ1v) is 9.10. The highest BCUT2D eigenvalue weighted by atomic mass is 35.5. The number of nitrogens with two attached hydrogens (primary N) is 1. The average Bonchev–Trinajstić information content (AvgIpc) is 2.63. The zero-order chi connectivity index (χ0) is 17.9. The minimum atomic E-state index is -0.753. The predicted octanol–water partition coefficient (Wildman–Crippen LogP) is 1.50. The highest BCUT2D eigenvalue weighted by Crippen LogP contribution is 2.25. The predicted molar refractivity (Wildman–Crippen MR) is 96.8 cm³/mol. The van der Waals surface area contributed by atoms with E-state index in [2.05, 4.69) is 4.90 Å². The van der Waals surface area contributed by atoms with Crippen molar-refractivity contribution in [3.63, 3.8) is 0 Å². The Bertz CT molecular complexity index is 612. The number of methoxy groups -OCH3 is 1. The SMILES string of the molecule is COc1ccc(Cl)cc1CN1CCN(C(=O)C2(N)CCOCC2)CC1. The van der Waals surface area contributed by atoms with Crippen LogP contribution in [0.1, 0.15) is 18.4 Å². The normalized spacial score (nSPS) is 21.2. The summed E-state index contributed by atoms with van der Waals surface area (Å²) in [5.74, 6) is 0.904. The molecule has 0 aromatic heterocycles. The van der Waals surface area contributed by atoms with Crippen LogP contribution in [0.4, 0.5) is 0 Å². The molecule has 3 rings (SSSR count). The number of hydrogen-bond donors (Lipinski definition) is 1. The van der Waals surface area contributed by atoms with Gasteiger partial charge in [0.15, 0.2) is 0 Å². The molecule has 0 aliphatic carbocycles. The van der Waals surface area contributed by atoms with Gasteiger partial charge >= 0.3 is 0 Å². The molecule has 2 saturated heterocycles. The first-order valence-electron chi connectivity index (χ1n) is 8.72. The standard InChI is InChI=1S/C18H26ClN3O3/c1-24-16-3-2-15(19)12-14(16)13-21-6-8-22(9-7-21)17(23)18(20)4-10-25-11-5-18/h2-3,12H,4-11,13,20H2,1H3. The van der Waals surface area contributed by atoms with E-state index in [1.54, 1.807) is 7.11 Å². The minimum Gasteiger partial charge on any atom is -0.496 e. The molecule has 138 valence electrons. The Morgan fingerprint density at radius 2 is 1.96 bits per heavy atom. The molecule has 2 aliphatic rings. The molecule has 2 aliphatic heterocycles. The summed E-state index contributed by atoms with van der Waals surface area (Å²) in [6.07, 6.45) is 1.21.